The van der Waals surface area contributed by atoms with Crippen LogP contribution in [0.1, 0.15) is 32.6 Å². The fourth-order valence-corrected chi connectivity index (χ4v) is 3.97. The van der Waals surface area contributed by atoms with E-state index in [9.17, 15) is 18.5 Å². The van der Waals surface area contributed by atoms with Gasteiger partial charge in [0.25, 0.3) is 5.69 Å². The van der Waals surface area contributed by atoms with E-state index in [0.717, 1.165) is 25.7 Å². The molecular formula is C13H18N2O4S. The molecule has 1 aliphatic rings. The Kier molecular flexibility index (Phi) is 4.39. The average Bonchev–Trinajstić information content (AvgIpc) is 2.41. The number of sulfonamides is 1. The number of nitro groups is 1. The summed E-state index contributed by atoms with van der Waals surface area (Å²) in [5, 5.41) is 10.9. The van der Waals surface area contributed by atoms with Crippen molar-refractivity contribution in [1.82, 2.24) is 4.72 Å². The van der Waals surface area contributed by atoms with Crippen LogP contribution in [0.4, 0.5) is 5.69 Å². The van der Waals surface area contributed by atoms with Crippen molar-refractivity contribution in [2.45, 2.75) is 43.5 Å². The Balaban J connectivity index is 2.21. The molecule has 0 aliphatic heterocycles. The largest absolute Gasteiger partial charge is 0.289 e. The molecule has 1 aromatic carbocycles. The van der Waals surface area contributed by atoms with Crippen molar-refractivity contribution in [1.29, 1.82) is 0 Å². The van der Waals surface area contributed by atoms with Crippen LogP contribution < -0.4 is 4.72 Å². The van der Waals surface area contributed by atoms with E-state index in [0.29, 0.717) is 5.92 Å². The summed E-state index contributed by atoms with van der Waals surface area (Å²) < 4.78 is 27.2. The van der Waals surface area contributed by atoms with Crippen LogP contribution in [-0.2, 0) is 10.0 Å². The molecule has 0 spiro atoms. The number of para-hydroxylation sites is 1. The summed E-state index contributed by atoms with van der Waals surface area (Å²) in [5.74, 6) is 0.613. The Morgan fingerprint density at radius 2 is 1.80 bits per heavy atom. The topological polar surface area (TPSA) is 89.3 Å². The first-order valence-corrected chi connectivity index (χ1v) is 8.14. The molecule has 0 unspecified atom stereocenters. The van der Waals surface area contributed by atoms with E-state index in [1.165, 1.54) is 24.3 Å². The zero-order chi connectivity index (χ0) is 14.8. The van der Waals surface area contributed by atoms with Crippen LogP contribution >= 0.6 is 0 Å². The molecule has 0 aromatic heterocycles. The van der Waals surface area contributed by atoms with Gasteiger partial charge in [-0.15, -0.1) is 0 Å². The maximum absolute atomic E-state index is 12.3. The lowest BCUT2D eigenvalue weighted by Gasteiger charge is -2.26. The molecule has 110 valence electrons. The first-order valence-electron chi connectivity index (χ1n) is 6.66. The van der Waals surface area contributed by atoms with Crippen molar-refractivity contribution in [3.8, 4) is 0 Å². The number of nitrogens with one attached hydrogen (secondary N) is 1. The second-order valence-electron chi connectivity index (χ2n) is 5.30. The van der Waals surface area contributed by atoms with Crippen molar-refractivity contribution in [2.24, 2.45) is 5.92 Å². The number of benzene rings is 1. The highest BCUT2D eigenvalue weighted by Gasteiger charge is 2.29. The van der Waals surface area contributed by atoms with Gasteiger partial charge in [0.15, 0.2) is 4.90 Å². The lowest BCUT2D eigenvalue weighted by atomic mass is 9.88. The minimum absolute atomic E-state index is 0.129. The van der Waals surface area contributed by atoms with E-state index >= 15 is 0 Å². The molecule has 0 heterocycles. The summed E-state index contributed by atoms with van der Waals surface area (Å²) in [6.45, 7) is 2.15. The van der Waals surface area contributed by atoms with Gasteiger partial charge in [0.1, 0.15) is 0 Å². The summed E-state index contributed by atoms with van der Waals surface area (Å²) in [4.78, 5) is 9.99. The van der Waals surface area contributed by atoms with E-state index in [2.05, 4.69) is 11.6 Å². The van der Waals surface area contributed by atoms with E-state index in [-0.39, 0.29) is 16.6 Å². The second-order valence-corrected chi connectivity index (χ2v) is 6.99. The maximum atomic E-state index is 12.3. The van der Waals surface area contributed by atoms with E-state index in [1.54, 1.807) is 0 Å². The molecular weight excluding hydrogens is 280 g/mol. The molecule has 6 nitrogen and oxygen atoms in total. The van der Waals surface area contributed by atoms with Gasteiger partial charge in [-0.05, 0) is 37.7 Å². The van der Waals surface area contributed by atoms with Crippen LogP contribution in [0.3, 0.4) is 0 Å². The number of nitrogens with zero attached hydrogens (tertiary/aromatic N) is 1. The van der Waals surface area contributed by atoms with Crippen molar-refractivity contribution in [3.05, 3.63) is 34.4 Å². The van der Waals surface area contributed by atoms with E-state index in [4.69, 9.17) is 0 Å². The molecule has 0 atom stereocenters. The van der Waals surface area contributed by atoms with Gasteiger partial charge in [0, 0.05) is 12.1 Å². The van der Waals surface area contributed by atoms with E-state index in [1.807, 2.05) is 0 Å². The first kappa shape index (κ1) is 14.9. The van der Waals surface area contributed by atoms with Gasteiger partial charge in [0.05, 0.1) is 4.92 Å². The summed E-state index contributed by atoms with van der Waals surface area (Å²) in [7, 11) is -3.84. The first-order chi connectivity index (χ1) is 9.40. The van der Waals surface area contributed by atoms with Crippen LogP contribution in [0.25, 0.3) is 0 Å². The van der Waals surface area contributed by atoms with Gasteiger partial charge in [-0.2, -0.15) is 0 Å². The van der Waals surface area contributed by atoms with Crippen molar-refractivity contribution < 1.29 is 13.3 Å². The van der Waals surface area contributed by atoms with Crippen LogP contribution in [0.2, 0.25) is 0 Å². The molecule has 0 radical (unpaired) electrons. The van der Waals surface area contributed by atoms with Crippen LogP contribution in [-0.4, -0.2) is 19.4 Å². The fraction of sp³-hybridized carbons (Fsp3) is 0.538. The van der Waals surface area contributed by atoms with Gasteiger partial charge in [0.2, 0.25) is 10.0 Å². The molecule has 2 rings (SSSR count). The third-order valence-corrected chi connectivity index (χ3v) is 5.26. The van der Waals surface area contributed by atoms with Gasteiger partial charge in [-0.1, -0.05) is 19.1 Å². The fourth-order valence-electron chi connectivity index (χ4n) is 2.50. The predicted octanol–water partition coefficient (Wildman–Crippen LogP) is 2.45. The number of nitro benzene ring substituents is 1. The summed E-state index contributed by atoms with van der Waals surface area (Å²) in [5.41, 5.74) is -0.385. The molecule has 1 saturated carbocycles. The SMILES string of the molecule is CC1CCC(NS(=O)(=O)c2ccccc2[N+](=O)[O-])CC1. The standard InChI is InChI=1S/C13H18N2O4S/c1-10-6-8-11(9-7-10)14-20(18,19)13-5-3-2-4-12(13)15(16)17/h2-5,10-11,14H,6-9H2,1H3. The summed E-state index contributed by atoms with van der Waals surface area (Å²) in [6.07, 6.45) is 3.51. The number of hydrogen-bond donors (Lipinski definition) is 1. The van der Waals surface area contributed by atoms with Gasteiger partial charge >= 0.3 is 0 Å². The molecule has 1 aromatic rings. The number of hydrogen-bond acceptors (Lipinski definition) is 4. The smallest absolute Gasteiger partial charge is 0.258 e. The predicted molar refractivity (Wildman–Crippen MR) is 74.8 cm³/mol. The van der Waals surface area contributed by atoms with Crippen LogP contribution in [0, 0.1) is 16.0 Å². The zero-order valence-corrected chi connectivity index (χ0v) is 12.1. The normalized spacial score (nSPS) is 23.4. The third kappa shape index (κ3) is 3.34. The lowest BCUT2D eigenvalue weighted by Crippen LogP contribution is -2.37. The Bertz CT molecular complexity index is 592. The molecule has 1 aliphatic carbocycles. The highest BCUT2D eigenvalue weighted by Crippen LogP contribution is 2.27. The van der Waals surface area contributed by atoms with Crippen LogP contribution in [0.5, 0.6) is 0 Å². The molecule has 0 saturated heterocycles. The lowest BCUT2D eigenvalue weighted by molar-refractivity contribution is -0.387. The maximum Gasteiger partial charge on any atom is 0.289 e. The second kappa shape index (κ2) is 5.88. The quantitative estimate of drug-likeness (QED) is 0.683. The highest BCUT2D eigenvalue weighted by atomic mass is 32.2. The minimum Gasteiger partial charge on any atom is -0.258 e. The van der Waals surface area contributed by atoms with Gasteiger partial charge in [-0.25, -0.2) is 13.1 Å². The third-order valence-electron chi connectivity index (χ3n) is 3.69. The Hall–Kier alpha value is -1.47. The molecule has 1 N–H and O–H groups in total. The Morgan fingerprint density at radius 1 is 1.20 bits per heavy atom. The molecule has 0 bridgehead atoms. The summed E-state index contributed by atoms with van der Waals surface area (Å²) >= 11 is 0. The van der Waals surface area contributed by atoms with Gasteiger partial charge < -0.3 is 0 Å². The Morgan fingerprint density at radius 3 is 2.40 bits per heavy atom. The molecule has 0 amide bonds. The zero-order valence-electron chi connectivity index (χ0n) is 11.3. The molecule has 7 heteroatoms. The van der Waals surface area contributed by atoms with Crippen molar-refractivity contribution >= 4 is 15.7 Å². The highest BCUT2D eigenvalue weighted by molar-refractivity contribution is 7.89. The molecule has 1 fully saturated rings. The summed E-state index contributed by atoms with van der Waals surface area (Å²) in [6, 6.07) is 5.30. The number of rotatable bonds is 4. The van der Waals surface area contributed by atoms with Crippen LogP contribution in [0.15, 0.2) is 29.2 Å². The average molecular weight is 298 g/mol. The van der Waals surface area contributed by atoms with Crippen molar-refractivity contribution in [2.75, 3.05) is 0 Å². The van der Waals surface area contributed by atoms with E-state index < -0.39 is 14.9 Å². The molecule has 20 heavy (non-hydrogen) atoms. The minimum atomic E-state index is -3.84. The van der Waals surface area contributed by atoms with Crippen molar-refractivity contribution in [3.63, 3.8) is 0 Å². The van der Waals surface area contributed by atoms with Gasteiger partial charge in [-0.3, -0.25) is 10.1 Å². The monoisotopic (exact) mass is 298 g/mol. The Labute approximate surface area is 118 Å².